The largest absolute Gasteiger partial charge is 0.488 e. The maximum absolute atomic E-state index is 12.5. The Balaban J connectivity index is 1.59. The van der Waals surface area contributed by atoms with Crippen LogP contribution in [0.25, 0.3) is 16.8 Å². The summed E-state index contributed by atoms with van der Waals surface area (Å²) in [6.07, 6.45) is 1.88. The molecular formula is C20H15NO2. The molecule has 0 spiro atoms. The molecule has 0 aliphatic carbocycles. The van der Waals surface area contributed by atoms with Gasteiger partial charge in [-0.25, -0.2) is 0 Å². The minimum Gasteiger partial charge on any atom is -0.488 e. The maximum Gasteiger partial charge on any atom is 0.255 e. The molecule has 0 bridgehead atoms. The van der Waals surface area contributed by atoms with Crippen LogP contribution in [0.15, 0.2) is 72.3 Å². The van der Waals surface area contributed by atoms with Crippen molar-refractivity contribution in [2.24, 2.45) is 0 Å². The van der Waals surface area contributed by atoms with Crippen molar-refractivity contribution in [1.29, 1.82) is 0 Å². The van der Waals surface area contributed by atoms with E-state index in [1.54, 1.807) is 0 Å². The summed E-state index contributed by atoms with van der Waals surface area (Å²) in [5.41, 5.74) is 2.34. The van der Waals surface area contributed by atoms with Crippen molar-refractivity contribution in [2.75, 3.05) is 11.9 Å². The lowest BCUT2D eigenvalue weighted by molar-refractivity contribution is -0.113. The fourth-order valence-corrected chi connectivity index (χ4v) is 2.73. The van der Waals surface area contributed by atoms with Crippen LogP contribution in [0.1, 0.15) is 5.56 Å². The minimum absolute atomic E-state index is 0.130. The van der Waals surface area contributed by atoms with Crippen LogP contribution in [0.3, 0.4) is 0 Å². The highest BCUT2D eigenvalue weighted by atomic mass is 16.5. The van der Waals surface area contributed by atoms with Crippen molar-refractivity contribution in [2.45, 2.75) is 0 Å². The van der Waals surface area contributed by atoms with Gasteiger partial charge in [-0.1, -0.05) is 48.5 Å². The van der Waals surface area contributed by atoms with E-state index < -0.39 is 0 Å². The van der Waals surface area contributed by atoms with Crippen molar-refractivity contribution >= 4 is 28.4 Å². The van der Waals surface area contributed by atoms with Crippen LogP contribution < -0.4 is 10.1 Å². The normalized spacial score (nSPS) is 13.0. The Bertz CT molecular complexity index is 928. The molecule has 4 rings (SSSR count). The average molecular weight is 301 g/mol. The molecule has 1 heterocycles. The van der Waals surface area contributed by atoms with E-state index in [4.69, 9.17) is 4.74 Å². The second-order valence-corrected chi connectivity index (χ2v) is 5.51. The monoisotopic (exact) mass is 301 g/mol. The number of rotatable bonds is 2. The van der Waals surface area contributed by atoms with E-state index in [2.05, 4.69) is 11.4 Å². The van der Waals surface area contributed by atoms with Crippen molar-refractivity contribution in [3.05, 3.63) is 77.9 Å². The Morgan fingerprint density at radius 3 is 2.61 bits per heavy atom. The summed E-state index contributed by atoms with van der Waals surface area (Å²) < 4.78 is 5.64. The van der Waals surface area contributed by atoms with E-state index in [-0.39, 0.29) is 12.5 Å². The van der Waals surface area contributed by atoms with Crippen LogP contribution in [0.2, 0.25) is 0 Å². The molecule has 0 saturated heterocycles. The van der Waals surface area contributed by atoms with Gasteiger partial charge < -0.3 is 10.1 Å². The van der Waals surface area contributed by atoms with Crippen LogP contribution in [-0.2, 0) is 4.79 Å². The number of fused-ring (bicyclic) bond motifs is 2. The third kappa shape index (κ3) is 2.69. The number of hydrogen-bond acceptors (Lipinski definition) is 2. The van der Waals surface area contributed by atoms with E-state index >= 15 is 0 Å². The SMILES string of the molecule is O=C(Nc1ccc2ccccc2c1)C1=Cc2ccccc2OC1. The molecule has 0 atom stereocenters. The zero-order chi connectivity index (χ0) is 15.6. The molecule has 23 heavy (non-hydrogen) atoms. The summed E-state index contributed by atoms with van der Waals surface area (Å²) in [5.74, 6) is 0.685. The van der Waals surface area contributed by atoms with Crippen LogP contribution in [0.5, 0.6) is 5.75 Å². The minimum atomic E-state index is -0.130. The fraction of sp³-hybridized carbons (Fsp3) is 0.0500. The van der Waals surface area contributed by atoms with Gasteiger partial charge in [0.15, 0.2) is 0 Å². The quantitative estimate of drug-likeness (QED) is 0.768. The highest BCUT2D eigenvalue weighted by Crippen LogP contribution is 2.26. The van der Waals surface area contributed by atoms with Crippen molar-refractivity contribution in [3.63, 3.8) is 0 Å². The molecule has 0 fully saturated rings. The van der Waals surface area contributed by atoms with Gasteiger partial charge in [-0.15, -0.1) is 0 Å². The maximum atomic E-state index is 12.5. The Morgan fingerprint density at radius 1 is 0.913 bits per heavy atom. The first-order valence-electron chi connectivity index (χ1n) is 7.52. The Kier molecular flexibility index (Phi) is 3.31. The molecule has 3 aromatic carbocycles. The van der Waals surface area contributed by atoms with Crippen molar-refractivity contribution in [1.82, 2.24) is 0 Å². The topological polar surface area (TPSA) is 38.3 Å². The van der Waals surface area contributed by atoms with Crippen molar-refractivity contribution < 1.29 is 9.53 Å². The second-order valence-electron chi connectivity index (χ2n) is 5.51. The molecule has 112 valence electrons. The zero-order valence-corrected chi connectivity index (χ0v) is 12.5. The molecular weight excluding hydrogens is 286 g/mol. The van der Waals surface area contributed by atoms with Gasteiger partial charge in [0, 0.05) is 11.3 Å². The van der Waals surface area contributed by atoms with Crippen LogP contribution in [0.4, 0.5) is 5.69 Å². The predicted octanol–water partition coefficient (Wildman–Crippen LogP) is 4.25. The number of nitrogens with one attached hydrogen (secondary N) is 1. The van der Waals surface area contributed by atoms with Gasteiger partial charge in [-0.3, -0.25) is 4.79 Å². The first kappa shape index (κ1) is 13.6. The summed E-state index contributed by atoms with van der Waals surface area (Å²) >= 11 is 0. The fourth-order valence-electron chi connectivity index (χ4n) is 2.73. The summed E-state index contributed by atoms with van der Waals surface area (Å²) in [6.45, 7) is 0.288. The molecule has 3 nitrogen and oxygen atoms in total. The number of hydrogen-bond donors (Lipinski definition) is 1. The van der Waals surface area contributed by atoms with E-state index in [1.165, 1.54) is 0 Å². The Labute approximate surface area is 134 Å². The summed E-state index contributed by atoms with van der Waals surface area (Å²) in [4.78, 5) is 12.5. The first-order chi connectivity index (χ1) is 11.3. The van der Waals surface area contributed by atoms with Crippen LogP contribution in [0, 0.1) is 0 Å². The lowest BCUT2D eigenvalue weighted by Gasteiger charge is -2.17. The number of amides is 1. The third-order valence-corrected chi connectivity index (χ3v) is 3.93. The Hall–Kier alpha value is -3.07. The molecule has 0 aromatic heterocycles. The molecule has 0 radical (unpaired) electrons. The number of carbonyl (C=O) groups is 1. The number of anilines is 1. The van der Waals surface area contributed by atoms with E-state index in [0.717, 1.165) is 27.8 Å². The first-order valence-corrected chi connectivity index (χ1v) is 7.52. The molecule has 1 aliphatic heterocycles. The number of ether oxygens (including phenoxy) is 1. The zero-order valence-electron chi connectivity index (χ0n) is 12.5. The van der Waals surface area contributed by atoms with Crippen LogP contribution >= 0.6 is 0 Å². The predicted molar refractivity (Wildman–Crippen MR) is 92.5 cm³/mol. The molecule has 0 saturated carbocycles. The molecule has 3 heteroatoms. The van der Waals surface area contributed by atoms with E-state index in [0.29, 0.717) is 5.57 Å². The molecule has 0 unspecified atom stereocenters. The van der Waals surface area contributed by atoms with Crippen LogP contribution in [-0.4, -0.2) is 12.5 Å². The van der Waals surface area contributed by atoms with E-state index in [1.807, 2.05) is 66.7 Å². The van der Waals surface area contributed by atoms with Gasteiger partial charge in [0.25, 0.3) is 5.91 Å². The number of benzene rings is 3. The number of carbonyl (C=O) groups excluding carboxylic acids is 1. The molecule has 1 amide bonds. The van der Waals surface area contributed by atoms with Gasteiger partial charge in [0.1, 0.15) is 12.4 Å². The number of para-hydroxylation sites is 1. The smallest absolute Gasteiger partial charge is 0.255 e. The lowest BCUT2D eigenvalue weighted by atomic mass is 10.1. The summed E-state index contributed by atoms with van der Waals surface area (Å²) in [5, 5.41) is 5.20. The van der Waals surface area contributed by atoms with Crippen molar-refractivity contribution in [3.8, 4) is 5.75 Å². The average Bonchev–Trinajstić information content (AvgIpc) is 2.61. The second kappa shape index (κ2) is 5.61. The molecule has 3 aromatic rings. The summed E-state index contributed by atoms with van der Waals surface area (Å²) in [6, 6.07) is 21.7. The lowest BCUT2D eigenvalue weighted by Crippen LogP contribution is -2.21. The van der Waals surface area contributed by atoms with Gasteiger partial charge in [0.2, 0.25) is 0 Å². The van der Waals surface area contributed by atoms with Gasteiger partial charge in [0.05, 0.1) is 5.57 Å². The molecule has 1 N–H and O–H groups in total. The van der Waals surface area contributed by atoms with Gasteiger partial charge in [-0.05, 0) is 35.0 Å². The summed E-state index contributed by atoms with van der Waals surface area (Å²) in [7, 11) is 0. The van der Waals surface area contributed by atoms with E-state index in [9.17, 15) is 4.79 Å². The molecule has 1 aliphatic rings. The highest BCUT2D eigenvalue weighted by Gasteiger charge is 2.17. The standard InChI is InChI=1S/C20H15NO2/c22-20(17-11-16-7-3-4-8-19(16)23-13-17)21-18-10-9-14-5-1-2-6-15(14)12-18/h1-12H,13H2,(H,21,22). The Morgan fingerprint density at radius 2 is 1.70 bits per heavy atom. The highest BCUT2D eigenvalue weighted by molar-refractivity contribution is 6.08. The van der Waals surface area contributed by atoms with Gasteiger partial charge >= 0.3 is 0 Å². The van der Waals surface area contributed by atoms with Gasteiger partial charge in [-0.2, -0.15) is 0 Å². The third-order valence-electron chi connectivity index (χ3n) is 3.93.